The van der Waals surface area contributed by atoms with Crippen LogP contribution < -0.4 is 4.74 Å². The van der Waals surface area contributed by atoms with E-state index in [1.165, 1.54) is 0 Å². The summed E-state index contributed by atoms with van der Waals surface area (Å²) in [4.78, 5) is 55.9. The first-order valence-corrected chi connectivity index (χ1v) is 11.1. The lowest BCUT2D eigenvalue weighted by Crippen LogP contribution is -2.50. The first-order chi connectivity index (χ1) is 15.9. The molecule has 2 aromatic rings. The van der Waals surface area contributed by atoms with Crippen LogP contribution in [-0.2, 0) is 16.0 Å². The van der Waals surface area contributed by atoms with Crippen molar-refractivity contribution in [2.45, 2.75) is 25.8 Å². The van der Waals surface area contributed by atoms with Crippen molar-refractivity contribution >= 4 is 23.6 Å². The number of methoxy groups -OCH3 is 1. The SMILES string of the molecule is COc1ccc(CC(=O)N2CCCN(C(=O)C(C)N3C(=O)c4ccccc4C3=O)CC2)cc1. The van der Waals surface area contributed by atoms with Gasteiger partial charge in [-0.15, -0.1) is 0 Å². The lowest BCUT2D eigenvalue weighted by Gasteiger charge is -2.28. The van der Waals surface area contributed by atoms with Crippen molar-refractivity contribution in [2.24, 2.45) is 0 Å². The topological polar surface area (TPSA) is 87.2 Å². The van der Waals surface area contributed by atoms with E-state index in [4.69, 9.17) is 4.74 Å². The molecule has 0 aromatic heterocycles. The average molecular weight is 450 g/mol. The summed E-state index contributed by atoms with van der Waals surface area (Å²) in [6.07, 6.45) is 0.915. The molecule has 0 spiro atoms. The van der Waals surface area contributed by atoms with Gasteiger partial charge in [-0.05, 0) is 43.2 Å². The number of rotatable bonds is 5. The number of hydrogen-bond acceptors (Lipinski definition) is 5. The summed E-state index contributed by atoms with van der Waals surface area (Å²) in [6, 6.07) is 13.1. The molecule has 1 saturated heterocycles. The number of nitrogens with zero attached hydrogens (tertiary/aromatic N) is 3. The molecule has 1 unspecified atom stereocenters. The second kappa shape index (κ2) is 9.44. The third-order valence-corrected chi connectivity index (χ3v) is 6.24. The van der Waals surface area contributed by atoms with Crippen molar-refractivity contribution in [1.82, 2.24) is 14.7 Å². The van der Waals surface area contributed by atoms with E-state index in [1.54, 1.807) is 48.1 Å². The molecule has 0 N–H and O–H groups in total. The van der Waals surface area contributed by atoms with Crippen LogP contribution >= 0.6 is 0 Å². The molecule has 172 valence electrons. The maximum atomic E-state index is 13.2. The Morgan fingerprint density at radius 2 is 1.45 bits per heavy atom. The average Bonchev–Trinajstić information content (AvgIpc) is 2.99. The summed E-state index contributed by atoms with van der Waals surface area (Å²) in [5, 5.41) is 0. The van der Waals surface area contributed by atoms with E-state index in [2.05, 4.69) is 0 Å². The van der Waals surface area contributed by atoms with Gasteiger partial charge in [0.05, 0.1) is 24.7 Å². The van der Waals surface area contributed by atoms with Crippen molar-refractivity contribution in [2.75, 3.05) is 33.3 Å². The third kappa shape index (κ3) is 4.46. The fourth-order valence-corrected chi connectivity index (χ4v) is 4.35. The van der Waals surface area contributed by atoms with Crippen LogP contribution in [0.2, 0.25) is 0 Å². The van der Waals surface area contributed by atoms with Gasteiger partial charge in [-0.3, -0.25) is 24.1 Å². The predicted octanol–water partition coefficient (Wildman–Crippen LogP) is 1.98. The molecule has 4 rings (SSSR count). The number of carbonyl (C=O) groups is 4. The highest BCUT2D eigenvalue weighted by Gasteiger charge is 2.41. The van der Waals surface area contributed by atoms with Crippen LogP contribution in [0.1, 0.15) is 39.6 Å². The van der Waals surface area contributed by atoms with Gasteiger partial charge in [0.25, 0.3) is 11.8 Å². The number of benzene rings is 2. The lowest BCUT2D eigenvalue weighted by molar-refractivity contribution is -0.135. The minimum absolute atomic E-state index is 0.00265. The molecular formula is C25H27N3O5. The quantitative estimate of drug-likeness (QED) is 0.652. The monoisotopic (exact) mass is 449 g/mol. The Morgan fingerprint density at radius 1 is 0.879 bits per heavy atom. The van der Waals surface area contributed by atoms with Crippen molar-refractivity contribution in [1.29, 1.82) is 0 Å². The van der Waals surface area contributed by atoms with E-state index >= 15 is 0 Å². The van der Waals surface area contributed by atoms with Gasteiger partial charge in [-0.25, -0.2) is 0 Å². The summed E-state index contributed by atoms with van der Waals surface area (Å²) < 4.78 is 5.15. The number of carbonyl (C=O) groups excluding carboxylic acids is 4. The lowest BCUT2D eigenvalue weighted by atomic mass is 10.1. The van der Waals surface area contributed by atoms with Gasteiger partial charge in [0.1, 0.15) is 11.8 Å². The molecule has 33 heavy (non-hydrogen) atoms. The molecular weight excluding hydrogens is 422 g/mol. The van der Waals surface area contributed by atoms with Gasteiger partial charge >= 0.3 is 0 Å². The molecule has 8 heteroatoms. The molecule has 2 aromatic carbocycles. The second-order valence-electron chi connectivity index (χ2n) is 8.29. The minimum atomic E-state index is -0.904. The zero-order chi connectivity index (χ0) is 23.5. The normalized spacial score (nSPS) is 17.0. The molecule has 0 radical (unpaired) electrons. The van der Waals surface area contributed by atoms with Crippen molar-refractivity contribution in [3.8, 4) is 5.75 Å². The van der Waals surface area contributed by atoms with Crippen molar-refractivity contribution < 1.29 is 23.9 Å². The largest absolute Gasteiger partial charge is 0.497 e. The molecule has 2 heterocycles. The van der Waals surface area contributed by atoms with Crippen LogP contribution in [0, 0.1) is 0 Å². The van der Waals surface area contributed by atoms with Crippen LogP contribution in [0.3, 0.4) is 0 Å². The number of hydrogen-bond donors (Lipinski definition) is 0. The van der Waals surface area contributed by atoms with E-state index < -0.39 is 17.9 Å². The van der Waals surface area contributed by atoms with Crippen LogP contribution in [0.15, 0.2) is 48.5 Å². The first kappa shape index (κ1) is 22.5. The van der Waals surface area contributed by atoms with E-state index in [0.717, 1.165) is 16.2 Å². The molecule has 8 nitrogen and oxygen atoms in total. The zero-order valence-corrected chi connectivity index (χ0v) is 18.8. The van der Waals surface area contributed by atoms with E-state index in [1.807, 2.05) is 24.3 Å². The van der Waals surface area contributed by atoms with Gasteiger partial charge in [0.2, 0.25) is 11.8 Å². The van der Waals surface area contributed by atoms with Crippen LogP contribution in [-0.4, -0.2) is 77.7 Å². The predicted molar refractivity (Wildman–Crippen MR) is 121 cm³/mol. The van der Waals surface area contributed by atoms with E-state index in [-0.39, 0.29) is 18.2 Å². The summed E-state index contributed by atoms with van der Waals surface area (Å²) in [6.45, 7) is 3.39. The summed E-state index contributed by atoms with van der Waals surface area (Å²) in [7, 11) is 1.60. The highest BCUT2D eigenvalue weighted by atomic mass is 16.5. The van der Waals surface area contributed by atoms with Gasteiger partial charge in [-0.1, -0.05) is 24.3 Å². The fourth-order valence-electron chi connectivity index (χ4n) is 4.35. The number of fused-ring (bicyclic) bond motifs is 1. The Morgan fingerprint density at radius 3 is 2.06 bits per heavy atom. The molecule has 0 aliphatic carbocycles. The smallest absolute Gasteiger partial charge is 0.262 e. The van der Waals surface area contributed by atoms with Gasteiger partial charge in [-0.2, -0.15) is 0 Å². The Balaban J connectivity index is 1.37. The molecule has 1 fully saturated rings. The van der Waals surface area contributed by atoms with E-state index in [9.17, 15) is 19.2 Å². The maximum absolute atomic E-state index is 13.2. The van der Waals surface area contributed by atoms with Crippen molar-refractivity contribution in [3.63, 3.8) is 0 Å². The number of imide groups is 1. The Kier molecular flexibility index (Phi) is 6.44. The van der Waals surface area contributed by atoms with Gasteiger partial charge in [0.15, 0.2) is 0 Å². The molecule has 0 saturated carbocycles. The number of ether oxygens (including phenoxy) is 1. The summed E-state index contributed by atoms with van der Waals surface area (Å²) in [5.41, 5.74) is 1.55. The fraction of sp³-hybridized carbons (Fsp3) is 0.360. The maximum Gasteiger partial charge on any atom is 0.262 e. The highest BCUT2D eigenvalue weighted by molar-refractivity contribution is 6.22. The van der Waals surface area contributed by atoms with Gasteiger partial charge in [0, 0.05) is 26.2 Å². The molecule has 2 aliphatic rings. The van der Waals surface area contributed by atoms with Crippen LogP contribution in [0.5, 0.6) is 5.75 Å². The van der Waals surface area contributed by atoms with Gasteiger partial charge < -0.3 is 14.5 Å². The third-order valence-electron chi connectivity index (χ3n) is 6.24. The zero-order valence-electron chi connectivity index (χ0n) is 18.8. The molecule has 0 bridgehead atoms. The van der Waals surface area contributed by atoms with Crippen LogP contribution in [0.4, 0.5) is 0 Å². The van der Waals surface area contributed by atoms with Crippen molar-refractivity contribution in [3.05, 3.63) is 65.2 Å². The van der Waals surface area contributed by atoms with Crippen LogP contribution in [0.25, 0.3) is 0 Å². The Hall–Kier alpha value is -3.68. The Bertz CT molecular complexity index is 1050. The summed E-state index contributed by atoms with van der Waals surface area (Å²) >= 11 is 0. The number of amides is 4. The molecule has 1 atom stereocenters. The minimum Gasteiger partial charge on any atom is -0.497 e. The summed E-state index contributed by atoms with van der Waals surface area (Å²) in [5.74, 6) is -0.427. The first-order valence-electron chi connectivity index (χ1n) is 11.1. The van der Waals surface area contributed by atoms with E-state index in [0.29, 0.717) is 43.7 Å². The highest BCUT2D eigenvalue weighted by Crippen LogP contribution is 2.25. The molecule has 4 amide bonds. The molecule has 2 aliphatic heterocycles. The standard InChI is InChI=1S/C25H27N3O5/c1-17(28-24(31)20-6-3-4-7-21(20)25(28)32)23(30)27-13-5-12-26(14-15-27)22(29)16-18-8-10-19(33-2)11-9-18/h3-4,6-11,17H,5,12-16H2,1-2H3. The second-order valence-corrected chi connectivity index (χ2v) is 8.29. The Labute approximate surface area is 192 Å².